The number of aliphatic carboxylic acids is 1. The standard InChI is InChI=1S/C12H16N6O2/c1-8(11(19)20)7-17(2)9-6-10(16-12(13)15-9)18-5-3-4-14-18/h3-6,8H,7H2,1-2H3,(H,19,20)(H2,13,15,16)/t8-/m0/s1. The topological polar surface area (TPSA) is 110 Å². The number of carbonyl (C=O) groups is 1. The molecule has 8 nitrogen and oxygen atoms in total. The number of nitrogens with zero attached hydrogens (tertiary/aromatic N) is 5. The highest BCUT2D eigenvalue weighted by molar-refractivity contribution is 5.70. The normalized spacial score (nSPS) is 12.1. The van der Waals surface area contributed by atoms with Crippen molar-refractivity contribution in [2.24, 2.45) is 5.92 Å². The molecule has 2 heterocycles. The summed E-state index contributed by atoms with van der Waals surface area (Å²) in [5.74, 6) is -0.165. The summed E-state index contributed by atoms with van der Waals surface area (Å²) in [6, 6.07) is 3.48. The average Bonchev–Trinajstić information content (AvgIpc) is 2.91. The molecule has 0 aliphatic heterocycles. The van der Waals surface area contributed by atoms with Crippen LogP contribution in [0.1, 0.15) is 6.92 Å². The van der Waals surface area contributed by atoms with Crippen LogP contribution in [0.3, 0.4) is 0 Å². The van der Waals surface area contributed by atoms with Gasteiger partial charge in [-0.2, -0.15) is 15.1 Å². The molecule has 0 saturated heterocycles. The summed E-state index contributed by atoms with van der Waals surface area (Å²) in [6.45, 7) is 1.96. The van der Waals surface area contributed by atoms with Gasteiger partial charge in [-0.15, -0.1) is 0 Å². The summed E-state index contributed by atoms with van der Waals surface area (Å²) in [5, 5.41) is 13.0. The molecular weight excluding hydrogens is 260 g/mol. The number of hydrogen-bond acceptors (Lipinski definition) is 6. The Morgan fingerprint density at radius 3 is 2.90 bits per heavy atom. The Morgan fingerprint density at radius 2 is 2.30 bits per heavy atom. The van der Waals surface area contributed by atoms with Crippen LogP contribution in [-0.2, 0) is 4.79 Å². The number of carboxylic acid groups (broad SMARTS) is 1. The van der Waals surface area contributed by atoms with Crippen molar-refractivity contribution in [1.82, 2.24) is 19.7 Å². The van der Waals surface area contributed by atoms with Gasteiger partial charge in [0.25, 0.3) is 0 Å². The minimum absolute atomic E-state index is 0.114. The van der Waals surface area contributed by atoms with Crippen molar-refractivity contribution in [3.63, 3.8) is 0 Å². The predicted octanol–water partition coefficient (Wildman–Crippen LogP) is 0.401. The van der Waals surface area contributed by atoms with Crippen LogP contribution in [0.2, 0.25) is 0 Å². The zero-order valence-electron chi connectivity index (χ0n) is 11.3. The maximum absolute atomic E-state index is 10.9. The lowest BCUT2D eigenvalue weighted by Crippen LogP contribution is -2.29. The highest BCUT2D eigenvalue weighted by atomic mass is 16.4. The van der Waals surface area contributed by atoms with Gasteiger partial charge in [0.05, 0.1) is 5.92 Å². The van der Waals surface area contributed by atoms with E-state index in [1.165, 1.54) is 0 Å². The Balaban J connectivity index is 2.26. The first kappa shape index (κ1) is 13.8. The largest absolute Gasteiger partial charge is 0.481 e. The van der Waals surface area contributed by atoms with E-state index in [0.717, 1.165) is 0 Å². The Bertz CT molecular complexity index is 598. The summed E-state index contributed by atoms with van der Waals surface area (Å²) in [4.78, 5) is 20.8. The number of nitrogens with two attached hydrogens (primary N) is 1. The number of aromatic nitrogens is 4. The summed E-state index contributed by atoms with van der Waals surface area (Å²) < 4.78 is 1.57. The lowest BCUT2D eigenvalue weighted by Gasteiger charge is -2.21. The number of anilines is 2. The first-order valence-electron chi connectivity index (χ1n) is 6.06. The van der Waals surface area contributed by atoms with Crippen LogP contribution in [0.15, 0.2) is 24.5 Å². The Morgan fingerprint density at radius 1 is 1.55 bits per heavy atom. The molecule has 0 amide bonds. The van der Waals surface area contributed by atoms with Crippen LogP contribution in [-0.4, -0.2) is 44.4 Å². The minimum atomic E-state index is -0.855. The van der Waals surface area contributed by atoms with Gasteiger partial charge in [0, 0.05) is 32.1 Å². The molecule has 0 aliphatic rings. The number of rotatable bonds is 5. The SMILES string of the molecule is C[C@@H](CN(C)c1cc(-n2cccn2)nc(N)n1)C(=O)O. The summed E-state index contributed by atoms with van der Waals surface area (Å²) in [7, 11) is 1.76. The number of hydrogen-bond donors (Lipinski definition) is 2. The fourth-order valence-electron chi connectivity index (χ4n) is 1.74. The molecule has 8 heteroatoms. The van der Waals surface area contributed by atoms with Gasteiger partial charge < -0.3 is 15.7 Å². The van der Waals surface area contributed by atoms with Crippen LogP contribution < -0.4 is 10.6 Å². The summed E-state index contributed by atoms with van der Waals surface area (Å²) >= 11 is 0. The van der Waals surface area contributed by atoms with E-state index in [9.17, 15) is 4.79 Å². The third-order valence-electron chi connectivity index (χ3n) is 2.82. The second-order valence-electron chi connectivity index (χ2n) is 4.51. The van der Waals surface area contributed by atoms with Gasteiger partial charge in [-0.25, -0.2) is 4.68 Å². The van der Waals surface area contributed by atoms with Crippen molar-refractivity contribution in [1.29, 1.82) is 0 Å². The van der Waals surface area contributed by atoms with E-state index >= 15 is 0 Å². The molecule has 2 aromatic heterocycles. The van der Waals surface area contributed by atoms with Gasteiger partial charge in [0.15, 0.2) is 5.82 Å². The Hall–Kier alpha value is -2.64. The van der Waals surface area contributed by atoms with E-state index in [4.69, 9.17) is 10.8 Å². The molecule has 20 heavy (non-hydrogen) atoms. The number of carboxylic acids is 1. The molecule has 2 aromatic rings. The molecule has 0 bridgehead atoms. The third kappa shape index (κ3) is 3.02. The number of nitrogen functional groups attached to an aromatic ring is 1. The van der Waals surface area contributed by atoms with Gasteiger partial charge in [-0.05, 0) is 6.07 Å². The maximum Gasteiger partial charge on any atom is 0.308 e. The van der Waals surface area contributed by atoms with Crippen LogP contribution >= 0.6 is 0 Å². The molecule has 0 aromatic carbocycles. The highest BCUT2D eigenvalue weighted by Gasteiger charge is 2.16. The Kier molecular flexibility index (Phi) is 3.83. The van der Waals surface area contributed by atoms with Crippen molar-refractivity contribution in [3.05, 3.63) is 24.5 Å². The zero-order valence-corrected chi connectivity index (χ0v) is 11.3. The van der Waals surface area contributed by atoms with Crippen LogP contribution in [0.5, 0.6) is 0 Å². The fourth-order valence-corrected chi connectivity index (χ4v) is 1.74. The molecule has 2 rings (SSSR count). The molecule has 3 N–H and O–H groups in total. The van der Waals surface area contributed by atoms with E-state index in [0.29, 0.717) is 18.2 Å². The molecule has 0 fully saturated rings. The minimum Gasteiger partial charge on any atom is -0.481 e. The van der Waals surface area contributed by atoms with Gasteiger partial charge in [-0.3, -0.25) is 4.79 Å². The second kappa shape index (κ2) is 5.55. The third-order valence-corrected chi connectivity index (χ3v) is 2.82. The van der Waals surface area contributed by atoms with Gasteiger partial charge in [-0.1, -0.05) is 6.92 Å². The first-order chi connectivity index (χ1) is 9.47. The van der Waals surface area contributed by atoms with Gasteiger partial charge in [0.1, 0.15) is 5.82 Å². The molecule has 0 aliphatic carbocycles. The first-order valence-corrected chi connectivity index (χ1v) is 6.06. The van der Waals surface area contributed by atoms with Crippen molar-refractivity contribution in [2.45, 2.75) is 6.92 Å². The molecule has 106 valence electrons. The fraction of sp³-hybridized carbons (Fsp3) is 0.333. The van der Waals surface area contributed by atoms with E-state index in [-0.39, 0.29) is 5.95 Å². The van der Waals surface area contributed by atoms with E-state index < -0.39 is 11.9 Å². The zero-order chi connectivity index (χ0) is 14.7. The second-order valence-corrected chi connectivity index (χ2v) is 4.51. The van der Waals surface area contributed by atoms with Crippen molar-refractivity contribution >= 4 is 17.7 Å². The predicted molar refractivity (Wildman–Crippen MR) is 73.6 cm³/mol. The van der Waals surface area contributed by atoms with E-state index in [1.807, 2.05) is 0 Å². The van der Waals surface area contributed by atoms with Crippen molar-refractivity contribution < 1.29 is 9.90 Å². The maximum atomic E-state index is 10.9. The lowest BCUT2D eigenvalue weighted by atomic mass is 10.2. The summed E-state index contributed by atoms with van der Waals surface area (Å²) in [6.07, 6.45) is 3.37. The van der Waals surface area contributed by atoms with Crippen LogP contribution in [0, 0.1) is 5.92 Å². The van der Waals surface area contributed by atoms with E-state index in [1.54, 1.807) is 48.1 Å². The molecule has 0 radical (unpaired) electrons. The molecule has 0 spiro atoms. The molecule has 1 atom stereocenters. The monoisotopic (exact) mass is 276 g/mol. The smallest absolute Gasteiger partial charge is 0.308 e. The summed E-state index contributed by atoms with van der Waals surface area (Å²) in [5.41, 5.74) is 5.69. The Labute approximate surface area is 115 Å². The van der Waals surface area contributed by atoms with Gasteiger partial charge >= 0.3 is 5.97 Å². The van der Waals surface area contributed by atoms with Crippen molar-refractivity contribution in [2.75, 3.05) is 24.2 Å². The molecule has 0 unspecified atom stereocenters. The highest BCUT2D eigenvalue weighted by Crippen LogP contribution is 2.16. The average molecular weight is 276 g/mol. The van der Waals surface area contributed by atoms with E-state index in [2.05, 4.69) is 15.1 Å². The van der Waals surface area contributed by atoms with Crippen LogP contribution in [0.25, 0.3) is 5.82 Å². The lowest BCUT2D eigenvalue weighted by molar-refractivity contribution is -0.140. The van der Waals surface area contributed by atoms with Crippen LogP contribution in [0.4, 0.5) is 11.8 Å². The molecular formula is C12H16N6O2. The van der Waals surface area contributed by atoms with Gasteiger partial charge in [0.2, 0.25) is 5.95 Å². The van der Waals surface area contributed by atoms with Crippen molar-refractivity contribution in [3.8, 4) is 5.82 Å². The quantitative estimate of drug-likeness (QED) is 0.813. The molecule has 0 saturated carbocycles.